The van der Waals surface area contributed by atoms with Crippen molar-refractivity contribution in [3.05, 3.63) is 64.2 Å². The van der Waals surface area contributed by atoms with Crippen molar-refractivity contribution >= 4 is 5.69 Å². The molecule has 1 fully saturated rings. The number of halogens is 3. The Morgan fingerprint density at radius 1 is 1.14 bits per heavy atom. The molecule has 2 heterocycles. The average molecular weight is 404 g/mol. The standard InChI is InChI=1S/C22H27F3N4/c1-14-5-3-4-6-16(14)8-7-15-11-17-19(18(12-15)22(23,24)25)29(2)21(27)9-10-28-13-20(17,21)26/h3-6,11-12,28H,7-10,13,26-27H2,1-2H3/t20-,21+/m1/s1. The maximum Gasteiger partial charge on any atom is 0.418 e. The molecule has 2 atom stereocenters. The zero-order valence-corrected chi connectivity index (χ0v) is 16.7. The van der Waals surface area contributed by atoms with Crippen molar-refractivity contribution in [2.24, 2.45) is 11.5 Å². The highest BCUT2D eigenvalue weighted by molar-refractivity contribution is 5.72. The molecule has 2 aromatic rings. The summed E-state index contributed by atoms with van der Waals surface area (Å²) in [5, 5.41) is 3.21. The second kappa shape index (κ2) is 6.72. The van der Waals surface area contributed by atoms with Gasteiger partial charge in [0.25, 0.3) is 0 Å². The molecule has 1 saturated heterocycles. The number of alkyl halides is 3. The van der Waals surface area contributed by atoms with Crippen LogP contribution >= 0.6 is 0 Å². The minimum Gasteiger partial charge on any atom is -0.354 e. The number of aryl methyl sites for hydroxylation is 3. The number of piperidine rings is 1. The van der Waals surface area contributed by atoms with E-state index in [0.717, 1.165) is 11.1 Å². The Morgan fingerprint density at radius 3 is 2.55 bits per heavy atom. The van der Waals surface area contributed by atoms with Crippen molar-refractivity contribution in [1.82, 2.24) is 5.32 Å². The number of nitrogens with two attached hydrogens (primary N) is 2. The lowest BCUT2D eigenvalue weighted by Crippen LogP contribution is -2.73. The predicted octanol–water partition coefficient (Wildman–Crippen LogP) is 3.05. The Morgan fingerprint density at radius 2 is 1.86 bits per heavy atom. The molecule has 2 aliphatic rings. The molecule has 0 saturated carbocycles. The predicted molar refractivity (Wildman–Crippen MR) is 109 cm³/mol. The number of hydrogen-bond donors (Lipinski definition) is 3. The number of likely N-dealkylation sites (N-methyl/N-ethyl adjacent to an activating group) is 1. The first kappa shape index (κ1) is 20.2. The van der Waals surface area contributed by atoms with Crippen molar-refractivity contribution in [3.63, 3.8) is 0 Å². The van der Waals surface area contributed by atoms with Crippen LogP contribution in [0.5, 0.6) is 0 Å². The number of rotatable bonds is 3. The molecule has 0 unspecified atom stereocenters. The van der Waals surface area contributed by atoms with Gasteiger partial charge in [-0.1, -0.05) is 30.3 Å². The third-order valence-electron chi connectivity index (χ3n) is 6.69. The van der Waals surface area contributed by atoms with Crippen molar-refractivity contribution in [2.75, 3.05) is 25.0 Å². The third-order valence-corrected chi connectivity index (χ3v) is 6.69. The molecule has 0 aromatic heterocycles. The summed E-state index contributed by atoms with van der Waals surface area (Å²) in [6.07, 6.45) is -2.83. The Balaban J connectivity index is 1.80. The molecular weight excluding hydrogens is 377 g/mol. The summed E-state index contributed by atoms with van der Waals surface area (Å²) >= 11 is 0. The summed E-state index contributed by atoms with van der Waals surface area (Å²) < 4.78 is 42.1. The smallest absolute Gasteiger partial charge is 0.354 e. The molecule has 156 valence electrons. The normalized spacial score (nSPS) is 26.4. The van der Waals surface area contributed by atoms with Crippen LogP contribution in [0.4, 0.5) is 18.9 Å². The van der Waals surface area contributed by atoms with Gasteiger partial charge in [-0.3, -0.25) is 0 Å². The molecule has 0 aliphatic carbocycles. The van der Waals surface area contributed by atoms with E-state index in [1.807, 2.05) is 37.3 Å². The summed E-state index contributed by atoms with van der Waals surface area (Å²) in [6, 6.07) is 11.0. The summed E-state index contributed by atoms with van der Waals surface area (Å²) in [5.41, 5.74) is 14.1. The summed E-state index contributed by atoms with van der Waals surface area (Å²) in [7, 11) is 1.63. The van der Waals surface area contributed by atoms with Crippen LogP contribution in [0.2, 0.25) is 0 Å². The molecule has 4 nitrogen and oxygen atoms in total. The second-order valence-corrected chi connectivity index (χ2v) is 8.35. The molecule has 2 aliphatic heterocycles. The Bertz CT molecular complexity index is 942. The number of hydrogen-bond acceptors (Lipinski definition) is 4. The first-order valence-corrected chi connectivity index (χ1v) is 9.89. The topological polar surface area (TPSA) is 67.3 Å². The largest absolute Gasteiger partial charge is 0.418 e. The monoisotopic (exact) mass is 404 g/mol. The van der Waals surface area contributed by atoms with E-state index < -0.39 is 22.9 Å². The fourth-order valence-electron chi connectivity index (χ4n) is 4.86. The molecule has 4 rings (SSSR count). The van der Waals surface area contributed by atoms with Crippen LogP contribution in [0.1, 0.15) is 34.2 Å². The third kappa shape index (κ3) is 3.03. The van der Waals surface area contributed by atoms with Gasteiger partial charge in [-0.25, -0.2) is 0 Å². The van der Waals surface area contributed by atoms with Crippen molar-refractivity contribution < 1.29 is 13.2 Å². The maximum absolute atomic E-state index is 14.0. The highest BCUT2D eigenvalue weighted by Crippen LogP contribution is 2.53. The number of fused-ring (bicyclic) bond motifs is 3. The van der Waals surface area contributed by atoms with Gasteiger partial charge < -0.3 is 21.7 Å². The number of benzene rings is 2. The van der Waals surface area contributed by atoms with Gasteiger partial charge in [0.2, 0.25) is 0 Å². The Labute approximate surface area is 169 Å². The van der Waals surface area contributed by atoms with Crippen molar-refractivity contribution in [3.8, 4) is 0 Å². The number of nitrogens with one attached hydrogen (secondary N) is 1. The van der Waals surface area contributed by atoms with E-state index in [-0.39, 0.29) is 5.69 Å². The molecule has 29 heavy (non-hydrogen) atoms. The lowest BCUT2D eigenvalue weighted by molar-refractivity contribution is -0.137. The van der Waals surface area contributed by atoms with Gasteiger partial charge in [-0.15, -0.1) is 0 Å². The van der Waals surface area contributed by atoms with Gasteiger partial charge in [-0.05, 0) is 55.5 Å². The van der Waals surface area contributed by atoms with Crippen LogP contribution in [0.15, 0.2) is 36.4 Å². The highest BCUT2D eigenvalue weighted by atomic mass is 19.4. The molecule has 5 N–H and O–H groups in total. The lowest BCUT2D eigenvalue weighted by Gasteiger charge is -2.48. The van der Waals surface area contributed by atoms with Gasteiger partial charge in [-0.2, -0.15) is 13.2 Å². The second-order valence-electron chi connectivity index (χ2n) is 8.35. The van der Waals surface area contributed by atoms with Crippen molar-refractivity contribution in [1.29, 1.82) is 0 Å². The van der Waals surface area contributed by atoms with Crippen LogP contribution in [-0.4, -0.2) is 25.8 Å². The Kier molecular flexibility index (Phi) is 4.68. The lowest BCUT2D eigenvalue weighted by atomic mass is 9.77. The maximum atomic E-state index is 14.0. The molecule has 0 spiro atoms. The van der Waals surface area contributed by atoms with Crippen LogP contribution in [0, 0.1) is 6.92 Å². The van der Waals surface area contributed by atoms with Crippen LogP contribution in [-0.2, 0) is 24.6 Å². The number of anilines is 1. The van der Waals surface area contributed by atoms with E-state index in [1.165, 1.54) is 6.07 Å². The van der Waals surface area contributed by atoms with Crippen LogP contribution < -0.4 is 21.7 Å². The van der Waals surface area contributed by atoms with E-state index in [0.29, 0.717) is 43.5 Å². The van der Waals surface area contributed by atoms with Gasteiger partial charge >= 0.3 is 6.18 Å². The van der Waals surface area contributed by atoms with Gasteiger partial charge in [0, 0.05) is 19.2 Å². The fraction of sp³-hybridized carbons (Fsp3) is 0.455. The van der Waals surface area contributed by atoms with Gasteiger partial charge in [0.05, 0.1) is 16.8 Å². The molecular formula is C22H27F3N4. The first-order valence-electron chi connectivity index (χ1n) is 9.89. The van der Waals surface area contributed by atoms with E-state index >= 15 is 0 Å². The molecule has 0 bridgehead atoms. The molecule has 0 radical (unpaired) electrons. The first-order chi connectivity index (χ1) is 13.6. The molecule has 0 amide bonds. The van der Waals surface area contributed by atoms with E-state index in [2.05, 4.69) is 5.32 Å². The van der Waals surface area contributed by atoms with Crippen molar-refractivity contribution in [2.45, 2.75) is 43.6 Å². The fourth-order valence-corrected chi connectivity index (χ4v) is 4.86. The van der Waals surface area contributed by atoms with E-state index in [4.69, 9.17) is 11.5 Å². The zero-order valence-electron chi connectivity index (χ0n) is 16.7. The zero-order chi connectivity index (χ0) is 21.0. The van der Waals surface area contributed by atoms with Crippen LogP contribution in [0.25, 0.3) is 0 Å². The Hall–Kier alpha value is -2.09. The van der Waals surface area contributed by atoms with Crippen LogP contribution in [0.3, 0.4) is 0 Å². The average Bonchev–Trinajstić information content (AvgIpc) is 2.84. The molecule has 7 heteroatoms. The molecule has 2 aromatic carbocycles. The number of nitrogens with zero attached hydrogens (tertiary/aromatic N) is 1. The summed E-state index contributed by atoms with van der Waals surface area (Å²) in [5.74, 6) is 0. The van der Waals surface area contributed by atoms with E-state index in [1.54, 1.807) is 11.9 Å². The SMILES string of the molecule is Cc1ccccc1CCc1cc(C(F)(F)F)c2c(c1)[C@]1(N)CNCC[C@]1(N)N2C. The summed E-state index contributed by atoms with van der Waals surface area (Å²) in [4.78, 5) is 1.55. The minimum absolute atomic E-state index is 0.117. The quantitative estimate of drug-likeness (QED) is 0.736. The van der Waals surface area contributed by atoms with Gasteiger partial charge in [0.15, 0.2) is 0 Å². The minimum atomic E-state index is -4.48. The summed E-state index contributed by atoms with van der Waals surface area (Å²) in [6.45, 7) is 2.98. The van der Waals surface area contributed by atoms with E-state index in [9.17, 15) is 13.2 Å². The highest BCUT2D eigenvalue weighted by Gasteiger charge is 2.60. The van der Waals surface area contributed by atoms with Gasteiger partial charge in [0.1, 0.15) is 5.66 Å².